The van der Waals surface area contributed by atoms with Crippen LogP contribution in [-0.4, -0.2) is 15.9 Å². The Bertz CT molecular complexity index is 891. The number of benzene rings is 1. The van der Waals surface area contributed by atoms with E-state index in [4.69, 9.17) is 0 Å². The maximum atomic E-state index is 13.6. The number of halogens is 1. The Labute approximate surface area is 124 Å². The molecule has 5 nitrogen and oxygen atoms in total. The van der Waals surface area contributed by atoms with Crippen LogP contribution in [0.1, 0.15) is 15.9 Å². The standard InChI is InChI=1S/C16H12FN3O2/c17-13-5-1-4-11-14(13)19-9-12(15(11)21)16(22)20-8-10-3-2-6-18-7-10/h1-7,9H,8H2,(H,19,21)(H,20,22). The Morgan fingerprint density at radius 3 is 2.91 bits per heavy atom. The molecule has 0 radical (unpaired) electrons. The third-order valence-electron chi connectivity index (χ3n) is 3.28. The number of hydrogen-bond acceptors (Lipinski definition) is 3. The SMILES string of the molecule is O=C(NCc1cccnc1)c1c[nH]c2c(F)cccc2c1=O. The van der Waals surface area contributed by atoms with Crippen LogP contribution < -0.4 is 10.7 Å². The molecule has 0 aliphatic heterocycles. The lowest BCUT2D eigenvalue weighted by molar-refractivity contribution is 0.0949. The van der Waals surface area contributed by atoms with Crippen molar-refractivity contribution in [1.82, 2.24) is 15.3 Å². The van der Waals surface area contributed by atoms with E-state index in [-0.39, 0.29) is 23.0 Å². The lowest BCUT2D eigenvalue weighted by Crippen LogP contribution is -2.28. The van der Waals surface area contributed by atoms with E-state index in [9.17, 15) is 14.0 Å². The van der Waals surface area contributed by atoms with Crippen molar-refractivity contribution in [2.45, 2.75) is 6.54 Å². The van der Waals surface area contributed by atoms with E-state index in [1.54, 1.807) is 18.5 Å². The van der Waals surface area contributed by atoms with Crippen LogP contribution >= 0.6 is 0 Å². The minimum absolute atomic E-state index is 0.0537. The van der Waals surface area contributed by atoms with Gasteiger partial charge in [0, 0.05) is 30.5 Å². The molecule has 0 aliphatic rings. The van der Waals surface area contributed by atoms with Gasteiger partial charge in [-0.05, 0) is 23.8 Å². The number of H-pyrrole nitrogens is 1. The molecule has 3 aromatic rings. The number of para-hydroxylation sites is 1. The predicted molar refractivity (Wildman–Crippen MR) is 79.9 cm³/mol. The smallest absolute Gasteiger partial charge is 0.257 e. The average Bonchev–Trinajstić information content (AvgIpc) is 2.55. The number of aromatic nitrogens is 2. The number of hydrogen-bond donors (Lipinski definition) is 2. The summed E-state index contributed by atoms with van der Waals surface area (Å²) in [7, 11) is 0. The van der Waals surface area contributed by atoms with Gasteiger partial charge >= 0.3 is 0 Å². The van der Waals surface area contributed by atoms with E-state index >= 15 is 0 Å². The summed E-state index contributed by atoms with van der Waals surface area (Å²) in [6.45, 7) is 0.257. The van der Waals surface area contributed by atoms with Crippen LogP contribution in [0.5, 0.6) is 0 Å². The monoisotopic (exact) mass is 297 g/mol. The lowest BCUT2D eigenvalue weighted by atomic mass is 10.1. The van der Waals surface area contributed by atoms with Gasteiger partial charge in [-0.3, -0.25) is 14.6 Å². The van der Waals surface area contributed by atoms with Gasteiger partial charge in [0.15, 0.2) is 0 Å². The molecule has 0 spiro atoms. The van der Waals surface area contributed by atoms with Gasteiger partial charge in [-0.25, -0.2) is 4.39 Å². The average molecular weight is 297 g/mol. The molecule has 110 valence electrons. The van der Waals surface area contributed by atoms with Crippen LogP contribution in [0.4, 0.5) is 4.39 Å². The minimum atomic E-state index is -0.531. The van der Waals surface area contributed by atoms with Crippen LogP contribution in [-0.2, 0) is 6.54 Å². The molecule has 3 rings (SSSR count). The quantitative estimate of drug-likeness (QED) is 0.776. The van der Waals surface area contributed by atoms with Gasteiger partial charge in [0.2, 0.25) is 5.43 Å². The fraction of sp³-hybridized carbons (Fsp3) is 0.0625. The molecule has 0 unspecified atom stereocenters. The fourth-order valence-electron chi connectivity index (χ4n) is 2.16. The molecule has 6 heteroatoms. The third-order valence-corrected chi connectivity index (χ3v) is 3.28. The number of carbonyl (C=O) groups excluding carboxylic acids is 1. The molecule has 0 saturated heterocycles. The van der Waals surface area contributed by atoms with Crippen LogP contribution in [0, 0.1) is 5.82 Å². The highest BCUT2D eigenvalue weighted by molar-refractivity contribution is 5.97. The Kier molecular flexibility index (Phi) is 3.65. The van der Waals surface area contributed by atoms with E-state index < -0.39 is 17.2 Å². The minimum Gasteiger partial charge on any atom is -0.358 e. The molecule has 22 heavy (non-hydrogen) atoms. The first kappa shape index (κ1) is 13.9. The van der Waals surface area contributed by atoms with Crippen molar-refractivity contribution in [1.29, 1.82) is 0 Å². The summed E-state index contributed by atoms with van der Waals surface area (Å²) in [4.78, 5) is 31.0. The van der Waals surface area contributed by atoms with Gasteiger partial charge in [-0.1, -0.05) is 12.1 Å². The summed E-state index contributed by atoms with van der Waals surface area (Å²) in [5.41, 5.74) is 0.356. The molecule has 2 aromatic heterocycles. The van der Waals surface area contributed by atoms with Gasteiger partial charge in [0.1, 0.15) is 11.4 Å². The van der Waals surface area contributed by atoms with Crippen molar-refractivity contribution < 1.29 is 9.18 Å². The molecule has 1 amide bonds. The molecule has 2 heterocycles. The maximum absolute atomic E-state index is 13.6. The molecule has 0 fully saturated rings. The molecule has 1 aromatic carbocycles. The molecule has 0 atom stereocenters. The molecular weight excluding hydrogens is 285 g/mol. The summed E-state index contributed by atoms with van der Waals surface area (Å²) < 4.78 is 13.6. The molecular formula is C16H12FN3O2. The Hall–Kier alpha value is -3.02. The van der Waals surface area contributed by atoms with Crippen LogP contribution in [0.15, 0.2) is 53.7 Å². The lowest BCUT2D eigenvalue weighted by Gasteiger charge is -2.06. The second-order valence-corrected chi connectivity index (χ2v) is 4.74. The topological polar surface area (TPSA) is 74.8 Å². The number of rotatable bonds is 3. The van der Waals surface area contributed by atoms with E-state index in [1.807, 2.05) is 6.07 Å². The van der Waals surface area contributed by atoms with Crippen LogP contribution in [0.3, 0.4) is 0 Å². The number of fused-ring (bicyclic) bond motifs is 1. The molecule has 0 aliphatic carbocycles. The van der Waals surface area contributed by atoms with Crippen molar-refractivity contribution in [3.8, 4) is 0 Å². The Morgan fingerprint density at radius 1 is 1.27 bits per heavy atom. The summed E-state index contributed by atoms with van der Waals surface area (Å²) in [6, 6.07) is 7.74. The van der Waals surface area contributed by atoms with Gasteiger partial charge in [0.25, 0.3) is 5.91 Å². The first-order chi connectivity index (χ1) is 10.7. The Morgan fingerprint density at radius 2 is 2.14 bits per heavy atom. The van der Waals surface area contributed by atoms with E-state index in [2.05, 4.69) is 15.3 Å². The summed E-state index contributed by atoms with van der Waals surface area (Å²) in [6.07, 6.45) is 4.49. The zero-order valence-corrected chi connectivity index (χ0v) is 11.5. The van der Waals surface area contributed by atoms with E-state index in [1.165, 1.54) is 24.4 Å². The van der Waals surface area contributed by atoms with Gasteiger partial charge in [-0.2, -0.15) is 0 Å². The van der Waals surface area contributed by atoms with E-state index in [0.717, 1.165) is 5.56 Å². The number of nitrogens with zero attached hydrogens (tertiary/aromatic N) is 1. The van der Waals surface area contributed by atoms with Crippen molar-refractivity contribution >= 4 is 16.8 Å². The van der Waals surface area contributed by atoms with Gasteiger partial charge < -0.3 is 10.3 Å². The highest BCUT2D eigenvalue weighted by Crippen LogP contribution is 2.12. The summed E-state index contributed by atoms with van der Waals surface area (Å²) in [5, 5.41) is 2.79. The van der Waals surface area contributed by atoms with Crippen LogP contribution in [0.2, 0.25) is 0 Å². The van der Waals surface area contributed by atoms with Gasteiger partial charge in [0.05, 0.1) is 5.52 Å². The Balaban J connectivity index is 1.88. The summed E-state index contributed by atoms with van der Waals surface area (Å²) >= 11 is 0. The van der Waals surface area contributed by atoms with E-state index in [0.29, 0.717) is 0 Å². The predicted octanol–water partition coefficient (Wildman–Crippen LogP) is 1.99. The second kappa shape index (κ2) is 5.77. The van der Waals surface area contributed by atoms with Crippen molar-refractivity contribution in [2.75, 3.05) is 0 Å². The van der Waals surface area contributed by atoms with Crippen molar-refractivity contribution in [2.24, 2.45) is 0 Å². The summed E-state index contributed by atoms with van der Waals surface area (Å²) in [5.74, 6) is -1.05. The number of pyridine rings is 2. The molecule has 0 saturated carbocycles. The number of carbonyl (C=O) groups is 1. The maximum Gasteiger partial charge on any atom is 0.257 e. The first-order valence-electron chi connectivity index (χ1n) is 6.64. The molecule has 0 bridgehead atoms. The zero-order valence-electron chi connectivity index (χ0n) is 11.5. The first-order valence-corrected chi connectivity index (χ1v) is 6.64. The fourth-order valence-corrected chi connectivity index (χ4v) is 2.16. The molecule has 2 N–H and O–H groups in total. The van der Waals surface area contributed by atoms with Crippen LogP contribution in [0.25, 0.3) is 10.9 Å². The third kappa shape index (κ3) is 2.58. The normalized spacial score (nSPS) is 10.6. The number of amides is 1. The highest BCUT2D eigenvalue weighted by Gasteiger charge is 2.14. The largest absolute Gasteiger partial charge is 0.358 e. The zero-order chi connectivity index (χ0) is 15.5. The van der Waals surface area contributed by atoms with Crippen molar-refractivity contribution in [3.63, 3.8) is 0 Å². The van der Waals surface area contributed by atoms with Crippen molar-refractivity contribution in [3.05, 3.63) is 76.1 Å². The number of aromatic amines is 1. The highest BCUT2D eigenvalue weighted by atomic mass is 19.1. The second-order valence-electron chi connectivity index (χ2n) is 4.74. The number of nitrogens with one attached hydrogen (secondary N) is 2. The van der Waals surface area contributed by atoms with Gasteiger partial charge in [-0.15, -0.1) is 0 Å².